The van der Waals surface area contributed by atoms with Crippen LogP contribution < -0.4 is 29.6 Å². The van der Waals surface area contributed by atoms with Gasteiger partial charge in [0.15, 0.2) is 0 Å². The third-order valence-electron chi connectivity index (χ3n) is 0. The van der Waals surface area contributed by atoms with Crippen LogP contribution in [0.3, 0.4) is 0 Å². The van der Waals surface area contributed by atoms with Crippen molar-refractivity contribution < 1.29 is 122 Å². The van der Waals surface area contributed by atoms with Gasteiger partial charge in [-0.25, -0.2) is 13.7 Å². The van der Waals surface area contributed by atoms with Crippen LogP contribution in [0.25, 0.3) is 0 Å². The van der Waals surface area contributed by atoms with Gasteiger partial charge in [-0.2, -0.15) is 0 Å². The Labute approximate surface area is 145 Å². The first-order valence-corrected chi connectivity index (χ1v) is 7.04. The van der Waals surface area contributed by atoms with Crippen molar-refractivity contribution in [2.45, 2.75) is 0 Å². The summed E-state index contributed by atoms with van der Waals surface area (Å²) in [4.78, 5) is 64.7. The zero-order valence-electron chi connectivity index (χ0n) is 11.6. The quantitative estimate of drug-likeness (QED) is 0.129. The molecule has 18 nitrogen and oxygen atoms in total. The summed E-state index contributed by atoms with van der Waals surface area (Å²) in [5.41, 5.74) is 0. The summed E-state index contributed by atoms with van der Waals surface area (Å²) in [6.45, 7) is 0. The van der Waals surface area contributed by atoms with Gasteiger partial charge in [0.05, 0.1) is 0 Å². The van der Waals surface area contributed by atoms with Gasteiger partial charge in [0.2, 0.25) is 0 Å². The van der Waals surface area contributed by atoms with Crippen molar-refractivity contribution in [3.8, 4) is 0 Å². The van der Waals surface area contributed by atoms with Gasteiger partial charge in [0.1, 0.15) is 0 Å². The van der Waals surface area contributed by atoms with Crippen LogP contribution in [-0.4, -0.2) is 76.9 Å². The first-order chi connectivity index (χ1) is 6.00. The standard InChI is InChI=1S/Na.3H3O4P.6H2O.H/c;3*1-5(2,3)4;;;;;;;/h;3*(H3,1,2,3,4);6*1H2;/q+1;;;;;;;;;;-1. The molecule has 0 amide bonds. The Bertz CT molecular complexity index is 210. The molecule has 0 radical (unpaired) electrons. The molecule has 0 bridgehead atoms. The molecular formula is H22NaO18P3. The van der Waals surface area contributed by atoms with Crippen molar-refractivity contribution in [1.29, 1.82) is 0 Å². The second-order valence-corrected chi connectivity index (χ2v) is 4.62. The van der Waals surface area contributed by atoms with E-state index in [1.807, 2.05) is 0 Å². The molecule has 0 aliphatic rings. The fourth-order valence-corrected chi connectivity index (χ4v) is 0. The van der Waals surface area contributed by atoms with Crippen LogP contribution in [0.2, 0.25) is 0 Å². The maximum absolute atomic E-state index is 8.88. The SMILES string of the molecule is O.O.O.O.O.O.O=P(O)(O)O.O=P(O)(O)O.O=P(O)(O)O.[H-].[Na+]. The predicted molar refractivity (Wildman–Crippen MR) is 65.6 cm³/mol. The first kappa shape index (κ1) is 65.8. The van der Waals surface area contributed by atoms with Crippen molar-refractivity contribution >= 4 is 23.5 Å². The van der Waals surface area contributed by atoms with Crippen molar-refractivity contribution in [2.75, 3.05) is 0 Å². The van der Waals surface area contributed by atoms with E-state index in [4.69, 9.17) is 57.7 Å². The van der Waals surface area contributed by atoms with Gasteiger partial charge in [0.25, 0.3) is 0 Å². The van der Waals surface area contributed by atoms with Crippen LogP contribution in [0.4, 0.5) is 0 Å². The van der Waals surface area contributed by atoms with Crippen LogP contribution in [0.15, 0.2) is 0 Å². The van der Waals surface area contributed by atoms with Gasteiger partial charge in [-0.1, -0.05) is 0 Å². The molecule has 0 saturated heterocycles. The molecule has 0 aromatic rings. The van der Waals surface area contributed by atoms with E-state index in [0.717, 1.165) is 0 Å². The minimum atomic E-state index is -4.64. The molecule has 0 aliphatic heterocycles. The molecular weight excluding hydrogens is 404 g/mol. The molecule has 0 heterocycles. The van der Waals surface area contributed by atoms with E-state index in [1.54, 1.807) is 0 Å². The topological polar surface area (TPSA) is 422 Å². The number of rotatable bonds is 0. The second kappa shape index (κ2) is 27.0. The minimum Gasteiger partial charge on any atom is -1.00 e. The molecule has 0 aliphatic carbocycles. The largest absolute Gasteiger partial charge is 1.00 e. The van der Waals surface area contributed by atoms with Gasteiger partial charge in [-0.3, -0.25) is 0 Å². The molecule has 22 heteroatoms. The van der Waals surface area contributed by atoms with Crippen molar-refractivity contribution in [3.63, 3.8) is 0 Å². The Morgan fingerprint density at radius 1 is 0.409 bits per heavy atom. The van der Waals surface area contributed by atoms with Gasteiger partial charge in [-0.05, 0) is 0 Å². The van der Waals surface area contributed by atoms with E-state index in [2.05, 4.69) is 0 Å². The first-order valence-electron chi connectivity index (χ1n) is 2.35. The van der Waals surface area contributed by atoms with E-state index in [-0.39, 0.29) is 63.8 Å². The van der Waals surface area contributed by atoms with E-state index >= 15 is 0 Å². The third kappa shape index (κ3) is 7160. The summed E-state index contributed by atoms with van der Waals surface area (Å²) in [5, 5.41) is 0. The van der Waals surface area contributed by atoms with Gasteiger partial charge in [-0.15, -0.1) is 0 Å². The van der Waals surface area contributed by atoms with Crippen LogP contribution in [0, 0.1) is 0 Å². The number of hydrogen-bond donors (Lipinski definition) is 9. The predicted octanol–water partition coefficient (Wildman–Crippen LogP) is -10.6. The maximum atomic E-state index is 8.88. The van der Waals surface area contributed by atoms with Crippen LogP contribution >= 0.6 is 23.5 Å². The van der Waals surface area contributed by atoms with Crippen LogP contribution in [0.5, 0.6) is 0 Å². The Kier molecular flexibility index (Phi) is 80.6. The number of hydrogen-bond acceptors (Lipinski definition) is 3. The normalized spacial score (nSPS) is 8.05. The molecule has 0 atom stereocenters. The molecule has 22 heavy (non-hydrogen) atoms. The monoisotopic (exact) mass is 426 g/mol. The molecule has 0 saturated carbocycles. The minimum absolute atomic E-state index is 0. The fraction of sp³-hybridized carbons (Fsp3) is 0. The summed E-state index contributed by atoms with van der Waals surface area (Å²) in [5.74, 6) is 0. The molecule has 146 valence electrons. The van der Waals surface area contributed by atoms with Crippen LogP contribution in [-0.2, 0) is 13.7 Å². The summed E-state index contributed by atoms with van der Waals surface area (Å²) < 4.78 is 26.6. The van der Waals surface area contributed by atoms with Crippen molar-refractivity contribution in [3.05, 3.63) is 0 Å². The summed E-state index contributed by atoms with van der Waals surface area (Å²) in [7, 11) is -13.9. The van der Waals surface area contributed by atoms with Gasteiger partial charge >= 0.3 is 53.0 Å². The molecule has 0 rings (SSSR count). The summed E-state index contributed by atoms with van der Waals surface area (Å²) >= 11 is 0. The Balaban J connectivity index is -0.00000000889. The van der Waals surface area contributed by atoms with Crippen LogP contribution in [0.1, 0.15) is 1.43 Å². The molecule has 0 aromatic carbocycles. The van der Waals surface area contributed by atoms with E-state index < -0.39 is 23.5 Å². The Hall–Kier alpha value is 1.09. The average Bonchev–Trinajstić information content (AvgIpc) is 1.41. The third-order valence-corrected chi connectivity index (χ3v) is 0. The molecule has 21 N–H and O–H groups in total. The Morgan fingerprint density at radius 2 is 0.409 bits per heavy atom. The van der Waals surface area contributed by atoms with Gasteiger partial charge < -0.3 is 78.3 Å². The Morgan fingerprint density at radius 3 is 0.409 bits per heavy atom. The number of phosphoric acid groups is 3. The van der Waals surface area contributed by atoms with E-state index in [1.165, 1.54) is 0 Å². The fourth-order valence-electron chi connectivity index (χ4n) is 0. The summed E-state index contributed by atoms with van der Waals surface area (Å²) in [6, 6.07) is 0. The zero-order chi connectivity index (χ0) is 13.5. The zero-order valence-corrected chi connectivity index (χ0v) is 15.3. The smallest absolute Gasteiger partial charge is 1.00 e. The molecule has 0 unspecified atom stereocenters. The summed E-state index contributed by atoms with van der Waals surface area (Å²) in [6.07, 6.45) is 0. The molecule has 0 fully saturated rings. The van der Waals surface area contributed by atoms with Crippen molar-refractivity contribution in [2.24, 2.45) is 0 Å². The van der Waals surface area contributed by atoms with E-state index in [9.17, 15) is 0 Å². The van der Waals surface area contributed by atoms with E-state index in [0.29, 0.717) is 0 Å². The van der Waals surface area contributed by atoms with Gasteiger partial charge in [0, 0.05) is 0 Å². The average molecular weight is 426 g/mol. The molecule has 0 spiro atoms. The van der Waals surface area contributed by atoms with Crippen molar-refractivity contribution in [1.82, 2.24) is 0 Å². The maximum Gasteiger partial charge on any atom is 1.00 e. The second-order valence-electron chi connectivity index (χ2n) is 1.54. The molecule has 0 aromatic heterocycles.